The summed E-state index contributed by atoms with van der Waals surface area (Å²) in [6.07, 6.45) is 1.38. The van der Waals surface area contributed by atoms with E-state index in [1.54, 1.807) is 36.0 Å². The van der Waals surface area contributed by atoms with Gasteiger partial charge in [0.25, 0.3) is 0 Å². The first-order valence-electron chi connectivity index (χ1n) is 10.4. The van der Waals surface area contributed by atoms with E-state index in [1.165, 1.54) is 0 Å². The van der Waals surface area contributed by atoms with Crippen molar-refractivity contribution in [2.75, 3.05) is 11.5 Å². The highest BCUT2D eigenvalue weighted by molar-refractivity contribution is 7.99. The molecule has 9 heteroatoms. The van der Waals surface area contributed by atoms with E-state index >= 15 is 0 Å². The van der Waals surface area contributed by atoms with Crippen molar-refractivity contribution in [3.8, 4) is 0 Å². The van der Waals surface area contributed by atoms with Crippen LogP contribution in [0.1, 0.15) is 39.2 Å². The van der Waals surface area contributed by atoms with Crippen LogP contribution < -0.4 is 16.0 Å². The largest absolute Gasteiger partial charge is 0.480 e. The minimum absolute atomic E-state index is 0.0848. The lowest BCUT2D eigenvalue weighted by molar-refractivity contribution is -0.142. The van der Waals surface area contributed by atoms with E-state index in [0.717, 1.165) is 11.3 Å². The Morgan fingerprint density at radius 2 is 1.65 bits per heavy atom. The number of carbonyl (C=O) groups is 4. The first-order valence-corrected chi connectivity index (χ1v) is 11.6. The summed E-state index contributed by atoms with van der Waals surface area (Å²) in [7, 11) is 0. The Morgan fingerprint density at radius 1 is 1.03 bits per heavy atom. The minimum atomic E-state index is -1.15. The zero-order valence-electron chi connectivity index (χ0n) is 18.3. The molecule has 0 aliphatic heterocycles. The molecule has 172 valence electrons. The van der Waals surface area contributed by atoms with E-state index < -0.39 is 35.9 Å². The van der Waals surface area contributed by atoms with Gasteiger partial charge in [-0.25, -0.2) is 4.79 Å². The van der Waals surface area contributed by atoms with Crippen LogP contribution in [0.2, 0.25) is 0 Å². The van der Waals surface area contributed by atoms with Gasteiger partial charge in [0.05, 0.1) is 0 Å². The molecule has 0 aromatic heterocycles. The van der Waals surface area contributed by atoms with Crippen LogP contribution in [0.15, 0.2) is 30.3 Å². The number of carboxylic acid groups (broad SMARTS) is 1. The van der Waals surface area contributed by atoms with Crippen molar-refractivity contribution >= 4 is 36.0 Å². The summed E-state index contributed by atoms with van der Waals surface area (Å²) in [5.41, 5.74) is 0.781. The molecule has 0 radical (unpaired) electrons. The van der Waals surface area contributed by atoms with Crippen LogP contribution in [0, 0.1) is 5.92 Å². The zero-order valence-corrected chi connectivity index (χ0v) is 19.1. The molecule has 0 saturated heterocycles. The van der Waals surface area contributed by atoms with E-state index in [9.17, 15) is 24.3 Å². The van der Waals surface area contributed by atoms with Crippen molar-refractivity contribution in [2.24, 2.45) is 5.92 Å². The minimum Gasteiger partial charge on any atom is -0.480 e. The summed E-state index contributed by atoms with van der Waals surface area (Å²) in [4.78, 5) is 48.2. The maximum atomic E-state index is 12.9. The third-order valence-corrected chi connectivity index (χ3v) is 5.51. The van der Waals surface area contributed by atoms with E-state index in [2.05, 4.69) is 16.0 Å². The van der Waals surface area contributed by atoms with Crippen molar-refractivity contribution in [3.05, 3.63) is 35.9 Å². The number of rotatable bonds is 15. The molecule has 0 saturated carbocycles. The fourth-order valence-electron chi connectivity index (χ4n) is 3.02. The van der Waals surface area contributed by atoms with Crippen LogP contribution in [0.4, 0.5) is 0 Å². The number of carboxylic acids is 1. The van der Waals surface area contributed by atoms with Gasteiger partial charge in [-0.1, -0.05) is 51.1 Å². The van der Waals surface area contributed by atoms with Gasteiger partial charge in [-0.2, -0.15) is 11.8 Å². The van der Waals surface area contributed by atoms with Crippen molar-refractivity contribution in [1.29, 1.82) is 0 Å². The van der Waals surface area contributed by atoms with Crippen LogP contribution >= 0.6 is 11.8 Å². The standard InChI is InChI=1S/C22H33N3O5S/c1-4-31-11-10-17(23-14-26)20(27)24-18(12-15(2)3)21(28)25-19(22(29)30)13-16-8-6-5-7-9-16/h5-9,14-15,17-19H,4,10-13H2,1-3H3,(H,23,26)(H,24,27)(H,25,28)(H,29,30)/t17-,18-,19-/m0/s1. The lowest BCUT2D eigenvalue weighted by Crippen LogP contribution is -2.55. The normalized spacial score (nSPS) is 13.7. The van der Waals surface area contributed by atoms with E-state index in [0.29, 0.717) is 25.0 Å². The smallest absolute Gasteiger partial charge is 0.326 e. The Labute approximate surface area is 187 Å². The summed E-state index contributed by atoms with van der Waals surface area (Å²) < 4.78 is 0. The van der Waals surface area contributed by atoms with E-state index in [-0.39, 0.29) is 12.3 Å². The molecule has 1 rings (SSSR count). The Balaban J connectivity index is 2.87. The van der Waals surface area contributed by atoms with Gasteiger partial charge in [0.1, 0.15) is 18.1 Å². The number of hydrogen-bond acceptors (Lipinski definition) is 5. The Kier molecular flexibility index (Phi) is 12.3. The predicted octanol–water partition coefficient (Wildman–Crippen LogP) is 1.59. The summed E-state index contributed by atoms with van der Waals surface area (Å²) in [5.74, 6) is -0.497. The van der Waals surface area contributed by atoms with Crippen molar-refractivity contribution in [1.82, 2.24) is 16.0 Å². The van der Waals surface area contributed by atoms with E-state index in [1.807, 2.05) is 26.8 Å². The van der Waals surface area contributed by atoms with Crippen LogP contribution in [0.3, 0.4) is 0 Å². The van der Waals surface area contributed by atoms with Crippen LogP contribution in [-0.2, 0) is 25.6 Å². The fraction of sp³-hybridized carbons (Fsp3) is 0.545. The third kappa shape index (κ3) is 10.3. The molecule has 0 aliphatic carbocycles. The lowest BCUT2D eigenvalue weighted by Gasteiger charge is -2.25. The number of benzene rings is 1. The lowest BCUT2D eigenvalue weighted by atomic mass is 10.0. The molecule has 31 heavy (non-hydrogen) atoms. The molecular formula is C22H33N3O5S. The van der Waals surface area contributed by atoms with Gasteiger partial charge in [0.15, 0.2) is 0 Å². The molecule has 1 aromatic carbocycles. The number of hydrogen-bond donors (Lipinski definition) is 4. The molecule has 1 aromatic rings. The molecular weight excluding hydrogens is 418 g/mol. The van der Waals surface area contributed by atoms with Gasteiger partial charge in [0.2, 0.25) is 18.2 Å². The molecule has 0 unspecified atom stereocenters. The van der Waals surface area contributed by atoms with Crippen LogP contribution in [-0.4, -0.2) is 58.9 Å². The molecule has 3 amide bonds. The quantitative estimate of drug-likeness (QED) is 0.237. The highest BCUT2D eigenvalue weighted by Gasteiger charge is 2.29. The first-order chi connectivity index (χ1) is 14.8. The average Bonchev–Trinajstić information content (AvgIpc) is 2.72. The number of carbonyl (C=O) groups excluding carboxylic acids is 3. The molecule has 4 N–H and O–H groups in total. The highest BCUT2D eigenvalue weighted by Crippen LogP contribution is 2.10. The Morgan fingerprint density at radius 3 is 2.19 bits per heavy atom. The molecule has 0 spiro atoms. The molecule has 3 atom stereocenters. The summed E-state index contributed by atoms with van der Waals surface area (Å²) >= 11 is 1.65. The SMILES string of the molecule is CCSCC[C@H](NC=O)C(=O)N[C@@H](CC(C)C)C(=O)N[C@@H](Cc1ccccc1)C(=O)O. The second-order valence-corrected chi connectivity index (χ2v) is 9.00. The molecule has 0 aliphatic rings. The monoisotopic (exact) mass is 451 g/mol. The van der Waals surface area contributed by atoms with Gasteiger partial charge >= 0.3 is 5.97 Å². The van der Waals surface area contributed by atoms with Crippen LogP contribution in [0.25, 0.3) is 0 Å². The third-order valence-electron chi connectivity index (χ3n) is 4.58. The summed E-state index contributed by atoms with van der Waals surface area (Å²) in [6, 6.07) is 6.24. The van der Waals surface area contributed by atoms with Gasteiger partial charge in [-0.15, -0.1) is 0 Å². The molecule has 0 bridgehead atoms. The van der Waals surface area contributed by atoms with Gasteiger partial charge in [0, 0.05) is 6.42 Å². The predicted molar refractivity (Wildman–Crippen MR) is 122 cm³/mol. The van der Waals surface area contributed by atoms with Crippen molar-refractivity contribution in [3.63, 3.8) is 0 Å². The van der Waals surface area contributed by atoms with Crippen molar-refractivity contribution < 1.29 is 24.3 Å². The Bertz CT molecular complexity index is 714. The zero-order chi connectivity index (χ0) is 23.2. The molecule has 8 nitrogen and oxygen atoms in total. The van der Waals surface area contributed by atoms with Crippen molar-refractivity contribution in [2.45, 2.75) is 58.2 Å². The number of nitrogens with one attached hydrogen (secondary N) is 3. The number of thioether (sulfide) groups is 1. The molecule has 0 fully saturated rings. The average molecular weight is 452 g/mol. The van der Waals surface area contributed by atoms with Gasteiger partial charge in [-0.05, 0) is 35.8 Å². The Hall–Kier alpha value is -2.55. The van der Waals surface area contributed by atoms with E-state index in [4.69, 9.17) is 0 Å². The maximum Gasteiger partial charge on any atom is 0.326 e. The summed E-state index contributed by atoms with van der Waals surface area (Å²) in [5, 5.41) is 17.3. The first kappa shape index (κ1) is 26.5. The topological polar surface area (TPSA) is 125 Å². The summed E-state index contributed by atoms with van der Waals surface area (Å²) in [6.45, 7) is 5.82. The highest BCUT2D eigenvalue weighted by atomic mass is 32.2. The van der Waals surface area contributed by atoms with Crippen LogP contribution in [0.5, 0.6) is 0 Å². The molecule has 0 heterocycles. The second-order valence-electron chi connectivity index (χ2n) is 7.60. The fourth-order valence-corrected chi connectivity index (χ4v) is 3.71. The number of amides is 3. The second kappa shape index (κ2) is 14.5. The maximum absolute atomic E-state index is 12.9. The number of aliphatic carboxylic acids is 1. The van der Waals surface area contributed by atoms with Gasteiger partial charge < -0.3 is 21.1 Å². The van der Waals surface area contributed by atoms with Gasteiger partial charge in [-0.3, -0.25) is 14.4 Å².